The van der Waals surface area contributed by atoms with Crippen molar-refractivity contribution in [2.24, 2.45) is 10.9 Å². The normalized spacial score (nSPS) is 20.6. The number of methoxy groups -OCH3 is 1. The maximum atomic E-state index is 5.79. The molecule has 2 unspecified atom stereocenters. The molecule has 0 radical (unpaired) electrons. The predicted molar refractivity (Wildman–Crippen MR) is 101 cm³/mol. The van der Waals surface area contributed by atoms with Gasteiger partial charge in [-0.15, -0.1) is 0 Å². The minimum absolute atomic E-state index is 0.306. The smallest absolute Gasteiger partial charge is 0.191 e. The molecule has 1 rings (SSSR count). The molecule has 24 heavy (non-hydrogen) atoms. The van der Waals surface area contributed by atoms with E-state index in [9.17, 15) is 0 Å². The second-order valence-electron chi connectivity index (χ2n) is 6.73. The Morgan fingerprint density at radius 3 is 2.75 bits per heavy atom. The first kappa shape index (κ1) is 21.2. The first-order valence-corrected chi connectivity index (χ1v) is 9.41. The summed E-state index contributed by atoms with van der Waals surface area (Å²) in [4.78, 5) is 6.84. The van der Waals surface area contributed by atoms with Crippen molar-refractivity contribution in [2.45, 2.75) is 52.2 Å². The molecule has 142 valence electrons. The highest BCUT2D eigenvalue weighted by molar-refractivity contribution is 5.79. The molecule has 0 aliphatic carbocycles. The van der Waals surface area contributed by atoms with Gasteiger partial charge in [0, 0.05) is 46.4 Å². The van der Waals surface area contributed by atoms with Crippen molar-refractivity contribution < 1.29 is 9.47 Å². The molecule has 1 heterocycles. The Hall–Kier alpha value is -0.850. The van der Waals surface area contributed by atoms with Crippen LogP contribution in [0.2, 0.25) is 0 Å². The summed E-state index contributed by atoms with van der Waals surface area (Å²) in [5.74, 6) is 1.42. The van der Waals surface area contributed by atoms with E-state index in [1.165, 1.54) is 19.4 Å². The third-order valence-electron chi connectivity index (χ3n) is 4.66. The summed E-state index contributed by atoms with van der Waals surface area (Å²) >= 11 is 0. The summed E-state index contributed by atoms with van der Waals surface area (Å²) in [5, 5.41) is 6.88. The van der Waals surface area contributed by atoms with E-state index in [0.717, 1.165) is 45.2 Å². The van der Waals surface area contributed by atoms with Gasteiger partial charge in [-0.1, -0.05) is 13.8 Å². The van der Waals surface area contributed by atoms with Crippen LogP contribution in [0.15, 0.2) is 4.99 Å². The molecule has 1 aliphatic rings. The molecule has 1 fully saturated rings. The largest absolute Gasteiger partial charge is 0.383 e. The van der Waals surface area contributed by atoms with Crippen molar-refractivity contribution in [1.82, 2.24) is 15.5 Å². The number of ether oxygens (including phenoxy) is 2. The van der Waals surface area contributed by atoms with E-state index in [0.29, 0.717) is 18.1 Å². The zero-order chi connectivity index (χ0) is 17.8. The van der Waals surface area contributed by atoms with E-state index in [2.05, 4.69) is 41.3 Å². The maximum absolute atomic E-state index is 5.79. The lowest BCUT2D eigenvalue weighted by Crippen LogP contribution is -2.46. The van der Waals surface area contributed by atoms with Crippen molar-refractivity contribution in [3.8, 4) is 0 Å². The van der Waals surface area contributed by atoms with E-state index >= 15 is 0 Å². The van der Waals surface area contributed by atoms with Crippen LogP contribution in [0.3, 0.4) is 0 Å². The van der Waals surface area contributed by atoms with Gasteiger partial charge in [0.05, 0.1) is 12.7 Å². The van der Waals surface area contributed by atoms with Gasteiger partial charge in [-0.2, -0.15) is 0 Å². The average Bonchev–Trinajstić information content (AvgIpc) is 3.02. The van der Waals surface area contributed by atoms with Gasteiger partial charge in [-0.05, 0) is 38.6 Å². The predicted octanol–water partition coefficient (Wildman–Crippen LogP) is 1.71. The van der Waals surface area contributed by atoms with Gasteiger partial charge in [0.2, 0.25) is 0 Å². The standard InChI is InChI=1S/C18H38N4O2/c1-6-24-17(15(2)3)9-10-20-18(19-4)21-14-16-8-7-11-22(16)12-13-23-5/h15-17H,6-14H2,1-5H3,(H2,19,20,21). The van der Waals surface area contributed by atoms with Gasteiger partial charge in [0.25, 0.3) is 0 Å². The molecule has 0 bridgehead atoms. The Morgan fingerprint density at radius 1 is 1.33 bits per heavy atom. The van der Waals surface area contributed by atoms with Gasteiger partial charge in [-0.25, -0.2) is 0 Å². The minimum atomic E-state index is 0.306. The van der Waals surface area contributed by atoms with Crippen LogP contribution in [-0.2, 0) is 9.47 Å². The van der Waals surface area contributed by atoms with Gasteiger partial charge in [0.1, 0.15) is 0 Å². The molecule has 0 saturated carbocycles. The molecule has 1 aliphatic heterocycles. The fourth-order valence-electron chi connectivity index (χ4n) is 3.22. The zero-order valence-corrected chi connectivity index (χ0v) is 16.3. The lowest BCUT2D eigenvalue weighted by Gasteiger charge is -2.25. The Kier molecular flexibility index (Phi) is 11.0. The van der Waals surface area contributed by atoms with Crippen molar-refractivity contribution in [3.05, 3.63) is 0 Å². The quantitative estimate of drug-likeness (QED) is 0.442. The topological polar surface area (TPSA) is 58.1 Å². The zero-order valence-electron chi connectivity index (χ0n) is 16.3. The van der Waals surface area contributed by atoms with Gasteiger partial charge >= 0.3 is 0 Å². The van der Waals surface area contributed by atoms with E-state index in [1.807, 2.05) is 7.05 Å². The van der Waals surface area contributed by atoms with Crippen LogP contribution in [0.1, 0.15) is 40.0 Å². The summed E-state index contributed by atoms with van der Waals surface area (Å²) in [6.07, 6.45) is 3.82. The monoisotopic (exact) mass is 342 g/mol. The van der Waals surface area contributed by atoms with Crippen LogP contribution >= 0.6 is 0 Å². The highest BCUT2D eigenvalue weighted by Gasteiger charge is 2.24. The Morgan fingerprint density at radius 2 is 2.12 bits per heavy atom. The number of rotatable bonds is 11. The molecule has 0 aromatic carbocycles. The number of nitrogens with zero attached hydrogens (tertiary/aromatic N) is 2. The minimum Gasteiger partial charge on any atom is -0.383 e. The van der Waals surface area contributed by atoms with Crippen LogP contribution in [0.25, 0.3) is 0 Å². The summed E-state index contributed by atoms with van der Waals surface area (Å²) in [7, 11) is 3.59. The molecule has 2 N–H and O–H groups in total. The fraction of sp³-hybridized carbons (Fsp3) is 0.944. The third kappa shape index (κ3) is 7.81. The lowest BCUT2D eigenvalue weighted by molar-refractivity contribution is 0.0258. The van der Waals surface area contributed by atoms with E-state index < -0.39 is 0 Å². The maximum Gasteiger partial charge on any atom is 0.191 e. The number of guanidine groups is 1. The number of nitrogens with one attached hydrogen (secondary N) is 2. The highest BCUT2D eigenvalue weighted by Crippen LogP contribution is 2.15. The van der Waals surface area contributed by atoms with Crippen LogP contribution in [-0.4, -0.2) is 76.6 Å². The molecular formula is C18H38N4O2. The van der Waals surface area contributed by atoms with E-state index in [4.69, 9.17) is 9.47 Å². The van der Waals surface area contributed by atoms with Gasteiger partial charge < -0.3 is 20.1 Å². The van der Waals surface area contributed by atoms with Gasteiger partial charge in [-0.3, -0.25) is 9.89 Å². The summed E-state index contributed by atoms with van der Waals surface area (Å²) < 4.78 is 11.0. The Balaban J connectivity index is 2.29. The SMILES string of the molecule is CCOC(CCNC(=NC)NCC1CCCN1CCOC)C(C)C. The second kappa shape index (κ2) is 12.5. The molecule has 0 aromatic heterocycles. The Labute approximate surface area is 148 Å². The average molecular weight is 343 g/mol. The molecule has 6 heteroatoms. The number of hydrogen-bond acceptors (Lipinski definition) is 4. The Bertz CT molecular complexity index is 350. The lowest BCUT2D eigenvalue weighted by atomic mass is 10.0. The summed E-state index contributed by atoms with van der Waals surface area (Å²) in [5.41, 5.74) is 0. The third-order valence-corrected chi connectivity index (χ3v) is 4.66. The van der Waals surface area contributed by atoms with Crippen LogP contribution in [0.5, 0.6) is 0 Å². The van der Waals surface area contributed by atoms with Crippen molar-refractivity contribution in [1.29, 1.82) is 0 Å². The molecule has 2 atom stereocenters. The first-order chi connectivity index (χ1) is 11.6. The highest BCUT2D eigenvalue weighted by atomic mass is 16.5. The number of aliphatic imine (C=N–C) groups is 1. The van der Waals surface area contributed by atoms with Crippen LogP contribution in [0, 0.1) is 5.92 Å². The van der Waals surface area contributed by atoms with Crippen molar-refractivity contribution in [3.63, 3.8) is 0 Å². The fourth-order valence-corrected chi connectivity index (χ4v) is 3.22. The number of hydrogen-bond donors (Lipinski definition) is 2. The van der Waals surface area contributed by atoms with Crippen molar-refractivity contribution in [2.75, 3.05) is 53.6 Å². The summed E-state index contributed by atoms with van der Waals surface area (Å²) in [6.45, 7) is 12.0. The first-order valence-electron chi connectivity index (χ1n) is 9.41. The van der Waals surface area contributed by atoms with Crippen LogP contribution in [0.4, 0.5) is 0 Å². The molecule has 1 saturated heterocycles. The molecule has 0 spiro atoms. The second-order valence-corrected chi connectivity index (χ2v) is 6.73. The molecule has 6 nitrogen and oxygen atoms in total. The van der Waals surface area contributed by atoms with E-state index in [1.54, 1.807) is 7.11 Å². The molecule has 0 amide bonds. The van der Waals surface area contributed by atoms with Gasteiger partial charge in [0.15, 0.2) is 5.96 Å². The number of likely N-dealkylation sites (tertiary alicyclic amines) is 1. The molecule has 0 aromatic rings. The van der Waals surface area contributed by atoms with E-state index in [-0.39, 0.29) is 0 Å². The van der Waals surface area contributed by atoms with Crippen LogP contribution < -0.4 is 10.6 Å². The van der Waals surface area contributed by atoms with Crippen molar-refractivity contribution >= 4 is 5.96 Å². The summed E-state index contributed by atoms with van der Waals surface area (Å²) in [6, 6.07) is 0.575. The molecular weight excluding hydrogens is 304 g/mol.